The van der Waals surface area contributed by atoms with Crippen LogP contribution < -0.4 is 0 Å². The third-order valence-electron chi connectivity index (χ3n) is 1.91. The molecule has 0 atom stereocenters. The van der Waals surface area contributed by atoms with Gasteiger partial charge in [0, 0.05) is 10.9 Å². The van der Waals surface area contributed by atoms with Crippen LogP contribution in [0.2, 0.25) is 0 Å². The Balaban J connectivity index is 2.53. The molecule has 0 aliphatic carbocycles. The van der Waals surface area contributed by atoms with Crippen LogP contribution in [0.25, 0.3) is 10.6 Å². The van der Waals surface area contributed by atoms with Crippen molar-refractivity contribution < 1.29 is 0 Å². The molecule has 0 aliphatic rings. The maximum absolute atomic E-state index is 4.49. The number of rotatable bonds is 2. The monoisotopic (exact) mass is 346 g/mol. The Morgan fingerprint density at radius 3 is 2.73 bits per heavy atom. The largest absolute Gasteiger partial charge is 0.232 e. The highest BCUT2D eigenvalue weighted by molar-refractivity contribution is 9.10. The Labute approximate surface area is 109 Å². The van der Waals surface area contributed by atoms with Crippen LogP contribution in [0.3, 0.4) is 0 Å². The van der Waals surface area contributed by atoms with Gasteiger partial charge in [0.15, 0.2) is 0 Å². The van der Waals surface area contributed by atoms with Gasteiger partial charge in [-0.3, -0.25) is 0 Å². The zero-order valence-electron chi connectivity index (χ0n) is 8.00. The van der Waals surface area contributed by atoms with Crippen molar-refractivity contribution in [2.24, 2.45) is 0 Å². The fourth-order valence-corrected chi connectivity index (χ4v) is 3.17. The average molecular weight is 348 g/mol. The van der Waals surface area contributed by atoms with E-state index < -0.39 is 0 Å². The number of aromatic nitrogens is 2. The lowest BCUT2D eigenvalue weighted by atomic mass is 10.3. The Bertz CT molecular complexity index is 482. The van der Waals surface area contributed by atoms with Gasteiger partial charge in [0.05, 0.1) is 10.6 Å². The van der Waals surface area contributed by atoms with Crippen LogP contribution in [0.5, 0.6) is 0 Å². The van der Waals surface area contributed by atoms with Crippen LogP contribution in [-0.2, 0) is 6.42 Å². The zero-order chi connectivity index (χ0) is 10.8. The number of nitrogens with zero attached hydrogens (tertiary/aromatic N) is 2. The van der Waals surface area contributed by atoms with E-state index in [1.807, 2.05) is 17.5 Å². The molecule has 0 aromatic carbocycles. The molecule has 2 rings (SSSR count). The summed E-state index contributed by atoms with van der Waals surface area (Å²) in [7, 11) is 0. The molecule has 2 aromatic heterocycles. The van der Waals surface area contributed by atoms with Crippen molar-refractivity contribution in [3.63, 3.8) is 0 Å². The summed E-state index contributed by atoms with van der Waals surface area (Å²) >= 11 is 8.58. The first-order valence-electron chi connectivity index (χ1n) is 4.47. The molecule has 5 heteroatoms. The minimum absolute atomic E-state index is 0.838. The summed E-state index contributed by atoms with van der Waals surface area (Å²) in [5, 5.41) is 2.04. The van der Waals surface area contributed by atoms with E-state index in [0.29, 0.717) is 0 Å². The molecule has 15 heavy (non-hydrogen) atoms. The maximum Gasteiger partial charge on any atom is 0.130 e. The van der Waals surface area contributed by atoms with Gasteiger partial charge in [-0.15, -0.1) is 11.3 Å². The second kappa shape index (κ2) is 4.72. The smallest absolute Gasteiger partial charge is 0.130 e. The van der Waals surface area contributed by atoms with Gasteiger partial charge in [0.1, 0.15) is 10.4 Å². The van der Waals surface area contributed by atoms with E-state index in [-0.39, 0.29) is 0 Å². The number of thiophene rings is 1. The van der Waals surface area contributed by atoms with Crippen molar-refractivity contribution in [3.05, 3.63) is 32.4 Å². The Morgan fingerprint density at radius 2 is 2.13 bits per heavy atom. The lowest BCUT2D eigenvalue weighted by Crippen LogP contribution is -1.94. The molecule has 0 fully saturated rings. The van der Waals surface area contributed by atoms with Crippen LogP contribution >= 0.6 is 43.2 Å². The van der Waals surface area contributed by atoms with Crippen LogP contribution in [0.4, 0.5) is 0 Å². The first kappa shape index (κ1) is 11.2. The highest BCUT2D eigenvalue weighted by Gasteiger charge is 2.08. The number of hydrogen-bond acceptors (Lipinski definition) is 3. The van der Waals surface area contributed by atoms with Crippen molar-refractivity contribution in [1.29, 1.82) is 0 Å². The molecule has 0 aliphatic heterocycles. The van der Waals surface area contributed by atoms with Crippen LogP contribution in [0.15, 0.2) is 26.6 Å². The lowest BCUT2D eigenvalue weighted by Gasteiger charge is -2.02. The quantitative estimate of drug-likeness (QED) is 0.757. The van der Waals surface area contributed by atoms with Gasteiger partial charge in [-0.25, -0.2) is 9.97 Å². The van der Waals surface area contributed by atoms with Crippen LogP contribution in [0.1, 0.15) is 12.7 Å². The molecule has 2 heterocycles. The molecule has 0 amide bonds. The SMILES string of the molecule is CCc1nc(Br)cc(-c2sccc2Br)n1. The normalized spacial score (nSPS) is 10.6. The van der Waals surface area contributed by atoms with Crippen molar-refractivity contribution in [2.75, 3.05) is 0 Å². The molecule has 78 valence electrons. The third-order valence-corrected chi connectivity index (χ3v) is 4.17. The first-order chi connectivity index (χ1) is 7.20. The molecule has 0 unspecified atom stereocenters. The molecular weight excluding hydrogens is 340 g/mol. The van der Waals surface area contributed by atoms with Gasteiger partial charge in [0.2, 0.25) is 0 Å². The van der Waals surface area contributed by atoms with Gasteiger partial charge in [-0.1, -0.05) is 6.92 Å². The Hall–Kier alpha value is -0.260. The minimum Gasteiger partial charge on any atom is -0.232 e. The topological polar surface area (TPSA) is 25.8 Å². The van der Waals surface area contributed by atoms with Gasteiger partial charge in [-0.2, -0.15) is 0 Å². The van der Waals surface area contributed by atoms with E-state index in [2.05, 4.69) is 48.8 Å². The van der Waals surface area contributed by atoms with E-state index in [0.717, 1.165) is 31.9 Å². The predicted octanol–water partition coefficient (Wildman–Crippen LogP) is 4.29. The number of hydrogen-bond donors (Lipinski definition) is 0. The van der Waals surface area contributed by atoms with Crippen molar-refractivity contribution >= 4 is 43.2 Å². The van der Waals surface area contributed by atoms with E-state index in [1.54, 1.807) is 11.3 Å². The summed E-state index contributed by atoms with van der Waals surface area (Å²) in [5.41, 5.74) is 0.968. The summed E-state index contributed by atoms with van der Waals surface area (Å²) in [5.74, 6) is 0.861. The maximum atomic E-state index is 4.49. The molecule has 0 N–H and O–H groups in total. The van der Waals surface area contributed by atoms with E-state index in [9.17, 15) is 0 Å². The highest BCUT2D eigenvalue weighted by Crippen LogP contribution is 2.33. The lowest BCUT2D eigenvalue weighted by molar-refractivity contribution is 0.932. The zero-order valence-corrected chi connectivity index (χ0v) is 12.0. The highest BCUT2D eigenvalue weighted by atomic mass is 79.9. The van der Waals surface area contributed by atoms with Gasteiger partial charge >= 0.3 is 0 Å². The predicted molar refractivity (Wildman–Crippen MR) is 70.1 cm³/mol. The molecule has 0 saturated heterocycles. The molecular formula is C10H8Br2N2S. The fraction of sp³-hybridized carbons (Fsp3) is 0.200. The molecule has 0 bridgehead atoms. The summed E-state index contributed by atoms with van der Waals surface area (Å²) in [4.78, 5) is 9.93. The van der Waals surface area contributed by atoms with Crippen molar-refractivity contribution in [3.8, 4) is 10.6 Å². The van der Waals surface area contributed by atoms with Crippen LogP contribution in [-0.4, -0.2) is 9.97 Å². The first-order valence-corrected chi connectivity index (χ1v) is 6.94. The Kier molecular flexibility index (Phi) is 3.53. The van der Waals surface area contributed by atoms with Crippen LogP contribution in [0, 0.1) is 0 Å². The summed E-state index contributed by atoms with van der Waals surface area (Å²) in [6, 6.07) is 3.97. The summed E-state index contributed by atoms with van der Waals surface area (Å²) in [6.45, 7) is 2.05. The number of halogens is 2. The third kappa shape index (κ3) is 2.46. The second-order valence-electron chi connectivity index (χ2n) is 2.94. The molecule has 0 radical (unpaired) electrons. The molecule has 0 saturated carbocycles. The molecule has 2 aromatic rings. The fourth-order valence-electron chi connectivity index (χ4n) is 1.22. The second-order valence-corrected chi connectivity index (χ2v) is 5.53. The van der Waals surface area contributed by atoms with Gasteiger partial charge in [-0.05, 0) is 49.4 Å². The summed E-state index contributed by atoms with van der Waals surface area (Å²) in [6.07, 6.45) is 0.843. The number of aryl methyl sites for hydroxylation is 1. The van der Waals surface area contributed by atoms with E-state index in [4.69, 9.17) is 0 Å². The minimum atomic E-state index is 0.838. The standard InChI is InChI=1S/C10H8Br2N2S/c1-2-9-13-7(5-8(12)14-9)10-6(11)3-4-15-10/h3-5H,2H2,1H3. The Morgan fingerprint density at radius 1 is 1.33 bits per heavy atom. The van der Waals surface area contributed by atoms with E-state index in [1.165, 1.54) is 0 Å². The van der Waals surface area contributed by atoms with Gasteiger partial charge in [0.25, 0.3) is 0 Å². The van der Waals surface area contributed by atoms with Crippen molar-refractivity contribution in [2.45, 2.75) is 13.3 Å². The van der Waals surface area contributed by atoms with E-state index >= 15 is 0 Å². The summed E-state index contributed by atoms with van der Waals surface area (Å²) < 4.78 is 1.92. The molecule has 2 nitrogen and oxygen atoms in total. The van der Waals surface area contributed by atoms with Gasteiger partial charge < -0.3 is 0 Å². The molecule has 0 spiro atoms. The van der Waals surface area contributed by atoms with Crippen molar-refractivity contribution in [1.82, 2.24) is 9.97 Å². The average Bonchev–Trinajstić information content (AvgIpc) is 2.63.